The van der Waals surface area contributed by atoms with E-state index in [-0.39, 0.29) is 11.7 Å². The number of hydrogen-bond donors (Lipinski definition) is 2. The first kappa shape index (κ1) is 19.4. The third-order valence-electron chi connectivity index (χ3n) is 5.50. The standard InChI is InChI=1S/C21H28N2O4/c1-2-17-18(20(25)27-13-14-8-5-3-4-6-9-14)19(23-21(26)22-17)15-10-7-11-16(24)12-15/h7,10-12,14,18-19,24H,2-6,8-9,13H2,1H3,(H,23,26). The van der Waals surface area contributed by atoms with E-state index < -0.39 is 18.0 Å². The molecular weight excluding hydrogens is 344 g/mol. The first-order valence-corrected chi connectivity index (χ1v) is 9.92. The molecule has 1 saturated carbocycles. The molecule has 27 heavy (non-hydrogen) atoms. The highest BCUT2D eigenvalue weighted by Crippen LogP contribution is 2.31. The zero-order valence-corrected chi connectivity index (χ0v) is 15.8. The lowest BCUT2D eigenvalue weighted by Crippen LogP contribution is -2.45. The van der Waals surface area contributed by atoms with Gasteiger partial charge in [-0.15, -0.1) is 0 Å². The molecule has 0 radical (unpaired) electrons. The highest BCUT2D eigenvalue weighted by Gasteiger charge is 2.39. The lowest BCUT2D eigenvalue weighted by molar-refractivity contribution is -0.148. The molecule has 146 valence electrons. The molecule has 1 heterocycles. The van der Waals surface area contributed by atoms with Crippen LogP contribution in [0.2, 0.25) is 0 Å². The Kier molecular flexibility index (Phi) is 6.48. The molecule has 0 saturated heterocycles. The summed E-state index contributed by atoms with van der Waals surface area (Å²) in [5.41, 5.74) is 1.19. The Balaban J connectivity index is 1.77. The zero-order chi connectivity index (χ0) is 19.2. The molecule has 0 spiro atoms. The molecule has 2 aliphatic rings. The number of phenolic OH excluding ortho intramolecular Hbond substituents is 1. The molecule has 0 bridgehead atoms. The summed E-state index contributed by atoms with van der Waals surface area (Å²) in [7, 11) is 0. The molecule has 2 atom stereocenters. The number of nitrogens with zero attached hydrogens (tertiary/aromatic N) is 1. The molecule has 1 aliphatic heterocycles. The van der Waals surface area contributed by atoms with Crippen molar-refractivity contribution >= 4 is 17.7 Å². The number of carbonyl (C=O) groups is 2. The fourth-order valence-corrected chi connectivity index (χ4v) is 4.03. The molecule has 1 fully saturated rings. The smallest absolute Gasteiger partial charge is 0.341 e. The van der Waals surface area contributed by atoms with Crippen molar-refractivity contribution in [1.29, 1.82) is 0 Å². The van der Waals surface area contributed by atoms with Gasteiger partial charge in [0.2, 0.25) is 0 Å². The van der Waals surface area contributed by atoms with Gasteiger partial charge in [-0.2, -0.15) is 0 Å². The van der Waals surface area contributed by atoms with Gasteiger partial charge in [-0.1, -0.05) is 44.7 Å². The number of aliphatic imine (C=N–C) groups is 1. The molecule has 1 aromatic rings. The van der Waals surface area contributed by atoms with Crippen molar-refractivity contribution < 1.29 is 19.4 Å². The van der Waals surface area contributed by atoms with Crippen molar-refractivity contribution in [2.45, 2.75) is 57.9 Å². The maximum absolute atomic E-state index is 13.0. The number of amides is 2. The number of hydrogen-bond acceptors (Lipinski definition) is 4. The Bertz CT molecular complexity index is 708. The number of benzene rings is 1. The van der Waals surface area contributed by atoms with Crippen molar-refractivity contribution in [2.24, 2.45) is 16.8 Å². The van der Waals surface area contributed by atoms with Crippen molar-refractivity contribution in [1.82, 2.24) is 5.32 Å². The first-order chi connectivity index (χ1) is 13.1. The average Bonchev–Trinajstić information content (AvgIpc) is 2.94. The van der Waals surface area contributed by atoms with Crippen LogP contribution in [-0.4, -0.2) is 29.4 Å². The van der Waals surface area contributed by atoms with E-state index in [0.29, 0.717) is 30.2 Å². The minimum absolute atomic E-state index is 0.0906. The molecule has 6 heteroatoms. The molecule has 1 aromatic carbocycles. The number of carbonyl (C=O) groups excluding carboxylic acids is 2. The van der Waals surface area contributed by atoms with E-state index in [1.807, 2.05) is 6.92 Å². The van der Waals surface area contributed by atoms with Crippen LogP contribution in [0.1, 0.15) is 63.5 Å². The van der Waals surface area contributed by atoms with Crippen molar-refractivity contribution in [3.63, 3.8) is 0 Å². The number of urea groups is 1. The van der Waals surface area contributed by atoms with Crippen LogP contribution >= 0.6 is 0 Å². The second kappa shape index (κ2) is 9.02. The molecule has 2 amide bonds. The van der Waals surface area contributed by atoms with Gasteiger partial charge in [0, 0.05) is 5.71 Å². The van der Waals surface area contributed by atoms with Crippen LogP contribution in [0, 0.1) is 11.8 Å². The Morgan fingerprint density at radius 1 is 1.26 bits per heavy atom. The number of nitrogens with one attached hydrogen (secondary N) is 1. The van der Waals surface area contributed by atoms with Crippen LogP contribution in [0.5, 0.6) is 5.75 Å². The Morgan fingerprint density at radius 2 is 2.00 bits per heavy atom. The molecule has 1 aliphatic carbocycles. The second-order valence-electron chi connectivity index (χ2n) is 7.44. The molecular formula is C21H28N2O4. The normalized spacial score (nSPS) is 23.9. The maximum Gasteiger partial charge on any atom is 0.341 e. The van der Waals surface area contributed by atoms with E-state index >= 15 is 0 Å². The van der Waals surface area contributed by atoms with Crippen molar-refractivity contribution in [3.05, 3.63) is 29.8 Å². The van der Waals surface area contributed by atoms with Gasteiger partial charge in [0.25, 0.3) is 0 Å². The Hall–Kier alpha value is -2.37. The van der Waals surface area contributed by atoms with Gasteiger partial charge < -0.3 is 15.2 Å². The lowest BCUT2D eigenvalue weighted by atomic mass is 9.86. The zero-order valence-electron chi connectivity index (χ0n) is 15.8. The summed E-state index contributed by atoms with van der Waals surface area (Å²) >= 11 is 0. The predicted octanol–water partition coefficient (Wildman–Crippen LogP) is 4.14. The van der Waals surface area contributed by atoms with E-state index in [1.54, 1.807) is 24.3 Å². The van der Waals surface area contributed by atoms with Crippen LogP contribution < -0.4 is 5.32 Å². The first-order valence-electron chi connectivity index (χ1n) is 9.92. The highest BCUT2D eigenvalue weighted by molar-refractivity contribution is 6.09. The largest absolute Gasteiger partial charge is 0.508 e. The van der Waals surface area contributed by atoms with Crippen LogP contribution in [0.4, 0.5) is 4.79 Å². The SMILES string of the molecule is CCC1=NC(=O)NC(c2cccc(O)c2)C1C(=O)OCC1CCCCCC1. The summed E-state index contributed by atoms with van der Waals surface area (Å²) in [6, 6.07) is 5.56. The summed E-state index contributed by atoms with van der Waals surface area (Å²) in [5, 5.41) is 12.6. The minimum atomic E-state index is -0.666. The molecule has 2 N–H and O–H groups in total. The average molecular weight is 372 g/mol. The van der Waals surface area contributed by atoms with Crippen molar-refractivity contribution in [3.8, 4) is 5.75 Å². The van der Waals surface area contributed by atoms with Gasteiger partial charge in [-0.25, -0.2) is 9.79 Å². The summed E-state index contributed by atoms with van der Waals surface area (Å²) in [4.78, 5) is 29.0. The number of aromatic hydroxyl groups is 1. The molecule has 6 nitrogen and oxygen atoms in total. The van der Waals surface area contributed by atoms with Crippen LogP contribution in [0.25, 0.3) is 0 Å². The van der Waals surface area contributed by atoms with Crippen LogP contribution in [0.3, 0.4) is 0 Å². The monoisotopic (exact) mass is 372 g/mol. The lowest BCUT2D eigenvalue weighted by Gasteiger charge is -2.31. The van der Waals surface area contributed by atoms with E-state index in [0.717, 1.165) is 12.8 Å². The second-order valence-corrected chi connectivity index (χ2v) is 7.44. The summed E-state index contributed by atoms with van der Waals surface area (Å²) < 4.78 is 5.69. The van der Waals surface area contributed by atoms with Gasteiger partial charge in [-0.05, 0) is 42.9 Å². The molecule has 3 rings (SSSR count). The van der Waals surface area contributed by atoms with E-state index in [4.69, 9.17) is 4.74 Å². The van der Waals surface area contributed by atoms with Crippen LogP contribution in [0.15, 0.2) is 29.3 Å². The Morgan fingerprint density at radius 3 is 2.67 bits per heavy atom. The van der Waals surface area contributed by atoms with E-state index in [9.17, 15) is 14.7 Å². The quantitative estimate of drug-likeness (QED) is 0.601. The fraction of sp³-hybridized carbons (Fsp3) is 0.571. The maximum atomic E-state index is 13.0. The highest BCUT2D eigenvalue weighted by atomic mass is 16.5. The van der Waals surface area contributed by atoms with Gasteiger partial charge in [0.05, 0.1) is 12.6 Å². The number of rotatable bonds is 5. The van der Waals surface area contributed by atoms with E-state index in [2.05, 4.69) is 10.3 Å². The summed E-state index contributed by atoms with van der Waals surface area (Å²) in [5.74, 6) is -0.516. The van der Waals surface area contributed by atoms with Gasteiger partial charge in [0.15, 0.2) is 0 Å². The summed E-state index contributed by atoms with van der Waals surface area (Å²) in [6.45, 7) is 2.30. The number of ether oxygens (including phenoxy) is 1. The number of phenols is 1. The predicted molar refractivity (Wildman–Crippen MR) is 103 cm³/mol. The van der Waals surface area contributed by atoms with Gasteiger partial charge >= 0.3 is 12.0 Å². The Labute approximate surface area is 160 Å². The fourth-order valence-electron chi connectivity index (χ4n) is 4.03. The van der Waals surface area contributed by atoms with Crippen molar-refractivity contribution in [2.75, 3.05) is 6.61 Å². The molecule has 0 aromatic heterocycles. The van der Waals surface area contributed by atoms with Gasteiger partial charge in [0.1, 0.15) is 11.7 Å². The third kappa shape index (κ3) is 4.87. The van der Waals surface area contributed by atoms with Crippen LogP contribution in [-0.2, 0) is 9.53 Å². The van der Waals surface area contributed by atoms with E-state index in [1.165, 1.54) is 25.7 Å². The number of esters is 1. The summed E-state index contributed by atoms with van der Waals surface area (Å²) in [6.07, 6.45) is 7.58. The third-order valence-corrected chi connectivity index (χ3v) is 5.50. The minimum Gasteiger partial charge on any atom is -0.508 e. The van der Waals surface area contributed by atoms with Gasteiger partial charge in [-0.3, -0.25) is 4.79 Å². The molecule has 2 unspecified atom stereocenters. The topological polar surface area (TPSA) is 88.0 Å².